The SMILES string of the molecule is CC1(C)c2ccc3oc4ccccc4c3c2-c2cccc(-c3ccc(-c4nc(-c5ccccc5)nc(-c5ccccc5)n4)cc3)c21.CC1(C)c2ccc3oc4ccccc4c3c2-c2cccc(-c3nc(-c4ccccc4)nc(-c4ccc5oc6ccccc6c5c4)n3)c21.CC1(C)c2ccc3oc4ccccc4c3c2-c2cccc(-c3nc(-c4ccccc4)nc(-c4ccccn4)n3)c21. The monoisotopic (exact) mass is 1710 g/mol. The summed E-state index contributed by atoms with van der Waals surface area (Å²) in [5.41, 5.74) is 32.2. The Kier molecular flexibility index (Phi) is 18.0. The van der Waals surface area contributed by atoms with E-state index in [1.165, 1.54) is 77.7 Å². The van der Waals surface area contributed by atoms with Gasteiger partial charge < -0.3 is 17.7 Å². The lowest BCUT2D eigenvalue weighted by molar-refractivity contribution is 0.657. The van der Waals surface area contributed by atoms with Gasteiger partial charge in [-0.1, -0.05) is 339 Å². The van der Waals surface area contributed by atoms with E-state index in [-0.39, 0.29) is 16.2 Å². The minimum atomic E-state index is -0.303. The highest BCUT2D eigenvalue weighted by molar-refractivity contribution is 6.19. The molecule has 14 heteroatoms. The Morgan fingerprint density at radius 2 is 0.466 bits per heavy atom. The molecule has 14 nitrogen and oxygen atoms in total. The van der Waals surface area contributed by atoms with Gasteiger partial charge >= 0.3 is 0 Å². The molecule has 3 aliphatic carbocycles. The van der Waals surface area contributed by atoms with E-state index in [1.54, 1.807) is 6.20 Å². The van der Waals surface area contributed by atoms with Crippen LogP contribution in [0.25, 0.3) is 235 Å². The van der Waals surface area contributed by atoms with E-state index in [1.807, 2.05) is 200 Å². The smallest absolute Gasteiger partial charge is 0.182 e. The first-order valence-corrected chi connectivity index (χ1v) is 44.9. The molecule has 0 fully saturated rings. The Morgan fingerprint density at radius 3 is 0.865 bits per heavy atom. The maximum absolute atomic E-state index is 6.32. The predicted octanol–water partition coefficient (Wildman–Crippen LogP) is 30.2. The van der Waals surface area contributed by atoms with E-state index >= 15 is 0 Å². The third kappa shape index (κ3) is 12.8. The van der Waals surface area contributed by atoms with Crippen LogP contribution in [0.2, 0.25) is 0 Å². The minimum absolute atomic E-state index is 0.185. The van der Waals surface area contributed by atoms with Crippen LogP contribution >= 0.6 is 0 Å². The number of nitrogens with zero attached hydrogens (tertiary/aromatic N) is 10. The molecule has 24 aromatic rings. The maximum Gasteiger partial charge on any atom is 0.182 e. The van der Waals surface area contributed by atoms with Gasteiger partial charge in [0.2, 0.25) is 0 Å². The summed E-state index contributed by atoms with van der Waals surface area (Å²) in [4.78, 5) is 49.5. The summed E-state index contributed by atoms with van der Waals surface area (Å²) in [6.07, 6.45) is 1.77. The second-order valence-corrected chi connectivity index (χ2v) is 35.9. The fourth-order valence-electron chi connectivity index (χ4n) is 20.9. The molecule has 0 aliphatic heterocycles. The van der Waals surface area contributed by atoms with Gasteiger partial charge in [0.05, 0.1) is 0 Å². The molecule has 0 bridgehead atoms. The van der Waals surface area contributed by atoms with E-state index in [2.05, 4.69) is 216 Å². The normalized spacial score (nSPS) is 13.4. The van der Waals surface area contributed by atoms with Crippen LogP contribution in [0, 0.1) is 0 Å². The molecule has 0 radical (unpaired) electrons. The maximum atomic E-state index is 6.32. The van der Waals surface area contributed by atoms with Crippen LogP contribution in [-0.4, -0.2) is 49.8 Å². The molecule has 0 atom stereocenters. The summed E-state index contributed by atoms with van der Waals surface area (Å²) >= 11 is 0. The lowest BCUT2D eigenvalue weighted by Gasteiger charge is -2.24. The van der Waals surface area contributed by atoms with Crippen molar-refractivity contribution in [1.82, 2.24) is 49.8 Å². The van der Waals surface area contributed by atoms with Crippen molar-refractivity contribution in [3.05, 3.63) is 410 Å². The predicted molar refractivity (Wildman–Crippen MR) is 533 cm³/mol. The molecule has 8 aromatic heterocycles. The molecular formula is C119H80N10O4. The molecular weight excluding hydrogens is 1630 g/mol. The molecule has 630 valence electrons. The van der Waals surface area contributed by atoms with Gasteiger partial charge in [0, 0.05) is 110 Å². The summed E-state index contributed by atoms with van der Waals surface area (Å²) in [6, 6.07) is 127. The fraction of sp³-hybridized carbons (Fsp3) is 0.0756. The van der Waals surface area contributed by atoms with Crippen LogP contribution in [0.3, 0.4) is 0 Å². The molecule has 16 aromatic carbocycles. The quantitative estimate of drug-likeness (QED) is 0.126. The van der Waals surface area contributed by atoms with Crippen molar-refractivity contribution in [2.45, 2.75) is 57.8 Å². The Morgan fingerprint density at radius 1 is 0.188 bits per heavy atom. The number of hydrogen-bond acceptors (Lipinski definition) is 14. The van der Waals surface area contributed by atoms with Crippen LogP contribution in [0.15, 0.2) is 394 Å². The molecule has 0 saturated carbocycles. The molecule has 8 heterocycles. The second-order valence-electron chi connectivity index (χ2n) is 35.9. The number of hydrogen-bond donors (Lipinski definition) is 0. The van der Waals surface area contributed by atoms with Gasteiger partial charge in [0.1, 0.15) is 50.4 Å². The number of pyridine rings is 1. The van der Waals surface area contributed by atoms with Gasteiger partial charge in [0.25, 0.3) is 0 Å². The Balaban J connectivity index is 0.000000107. The van der Waals surface area contributed by atoms with Crippen molar-refractivity contribution in [2.24, 2.45) is 0 Å². The van der Waals surface area contributed by atoms with Crippen molar-refractivity contribution < 1.29 is 17.7 Å². The van der Waals surface area contributed by atoms with Crippen LogP contribution in [0.5, 0.6) is 0 Å². The van der Waals surface area contributed by atoms with Crippen LogP contribution in [0.1, 0.15) is 74.9 Å². The number of para-hydroxylation sites is 4. The van der Waals surface area contributed by atoms with E-state index in [9.17, 15) is 0 Å². The lowest BCUT2D eigenvalue weighted by atomic mass is 9.78. The van der Waals surface area contributed by atoms with Crippen LogP contribution in [-0.2, 0) is 16.2 Å². The zero-order valence-corrected chi connectivity index (χ0v) is 73.4. The third-order valence-electron chi connectivity index (χ3n) is 27.0. The standard InChI is InChI=1S/C42H27N3O2.C42H29N3O.C35H24N4O/c1-42(2)31-20-22-35-37(27-14-7-9-18-33(27)47-35)36(31)28-15-10-16-29(38(28)42)41-44-39(24-11-4-3-5-12-24)43-40(45-41)25-19-21-34-30(23-25)26-13-6-8-17-32(26)46-34;1-42(2)33-24-25-35-37(31-16-9-10-19-34(31)46-35)36(33)32-18-11-17-30(38(32)42)26-20-22-29(23-21-26)41-44-39(27-12-5-3-6-13-27)43-40(45-41)28-14-7-4-8-15-28;1-35(2)25-18-19-28-30(22-13-6-7-17-27(22)40-28)29(25)23-14-10-15-24(31(23)35)33-37-32(21-11-4-3-5-12-21)38-34(39-33)26-16-8-9-20-36-26/h3-23H,1-2H3;3-25H,1-2H3;3-20H,1-2H3. The van der Waals surface area contributed by atoms with Crippen molar-refractivity contribution in [3.63, 3.8) is 0 Å². The minimum Gasteiger partial charge on any atom is -0.456 e. The number of benzene rings is 16. The van der Waals surface area contributed by atoms with E-state index in [4.69, 9.17) is 62.5 Å². The third-order valence-corrected chi connectivity index (χ3v) is 27.0. The van der Waals surface area contributed by atoms with Gasteiger partial charge in [-0.05, 0) is 151 Å². The molecule has 3 aliphatic rings. The average molecular weight is 1710 g/mol. The summed E-state index contributed by atoms with van der Waals surface area (Å²) in [5, 5.41) is 9.04. The van der Waals surface area contributed by atoms with Crippen molar-refractivity contribution in [1.29, 1.82) is 0 Å². The highest BCUT2D eigenvalue weighted by atomic mass is 16.3. The molecule has 0 amide bonds. The lowest BCUT2D eigenvalue weighted by Crippen LogP contribution is -2.17. The van der Waals surface area contributed by atoms with Gasteiger partial charge in [-0.15, -0.1) is 0 Å². The van der Waals surface area contributed by atoms with Crippen molar-refractivity contribution in [2.75, 3.05) is 0 Å². The first-order chi connectivity index (χ1) is 65.2. The van der Waals surface area contributed by atoms with Crippen LogP contribution < -0.4 is 0 Å². The van der Waals surface area contributed by atoms with Gasteiger partial charge in [-0.3, -0.25) is 4.98 Å². The first-order valence-electron chi connectivity index (χ1n) is 44.9. The first kappa shape index (κ1) is 78.2. The second kappa shape index (κ2) is 30.5. The average Bonchev–Trinajstić information content (AvgIpc) is 1.55. The highest BCUT2D eigenvalue weighted by Crippen LogP contribution is 2.60. The Bertz CT molecular complexity index is 8730. The number of furan rings is 4. The summed E-state index contributed by atoms with van der Waals surface area (Å²) in [6.45, 7) is 13.8. The highest BCUT2D eigenvalue weighted by Gasteiger charge is 2.44. The van der Waals surface area contributed by atoms with Gasteiger partial charge in [0.15, 0.2) is 52.4 Å². The number of aromatic nitrogens is 10. The molecule has 0 saturated heterocycles. The summed E-state index contributed by atoms with van der Waals surface area (Å²) < 4.78 is 25.0. The zero-order valence-electron chi connectivity index (χ0n) is 73.4. The fourth-order valence-corrected chi connectivity index (χ4v) is 20.9. The molecule has 0 spiro atoms. The van der Waals surface area contributed by atoms with Crippen molar-refractivity contribution in [3.8, 4) is 147 Å². The van der Waals surface area contributed by atoms with E-state index in [0.29, 0.717) is 58.1 Å². The Labute approximate surface area is 764 Å². The van der Waals surface area contributed by atoms with E-state index < -0.39 is 0 Å². The van der Waals surface area contributed by atoms with E-state index in [0.717, 1.165) is 132 Å². The topological polar surface area (TPSA) is 181 Å². The molecule has 0 unspecified atom stereocenters. The van der Waals surface area contributed by atoms with Crippen molar-refractivity contribution >= 4 is 87.8 Å². The largest absolute Gasteiger partial charge is 0.456 e. The van der Waals surface area contributed by atoms with Gasteiger partial charge in [-0.25, -0.2) is 44.9 Å². The number of rotatable bonds is 10. The van der Waals surface area contributed by atoms with Crippen LogP contribution in [0.4, 0.5) is 0 Å². The molecule has 27 rings (SSSR count). The number of fused-ring (bicyclic) bond motifs is 24. The Hall–Kier alpha value is -17.1. The summed E-state index contributed by atoms with van der Waals surface area (Å²) in [7, 11) is 0. The molecule has 133 heavy (non-hydrogen) atoms. The van der Waals surface area contributed by atoms with Gasteiger partial charge in [-0.2, -0.15) is 0 Å². The molecule has 0 N–H and O–H groups in total. The zero-order chi connectivity index (χ0) is 89.0. The summed E-state index contributed by atoms with van der Waals surface area (Å²) in [5.74, 6) is 5.70.